The van der Waals surface area contributed by atoms with Crippen LogP contribution in [0.5, 0.6) is 0 Å². The Kier molecular flexibility index (Phi) is 1.06. The molecule has 1 rings (SSSR count). The van der Waals surface area contributed by atoms with Crippen molar-refractivity contribution in [1.82, 2.24) is 9.03 Å². The SMILES string of the molecule is CN1C=C(O)NS1(=O)=O. The van der Waals surface area contributed by atoms with Gasteiger partial charge in [0.2, 0.25) is 5.88 Å². The van der Waals surface area contributed by atoms with Crippen LogP contribution in [0.4, 0.5) is 0 Å². The summed E-state index contributed by atoms with van der Waals surface area (Å²) in [5.74, 6) is -0.350. The zero-order chi connectivity index (χ0) is 7.07. The zero-order valence-corrected chi connectivity index (χ0v) is 5.51. The second-order valence-electron chi connectivity index (χ2n) is 1.64. The van der Waals surface area contributed by atoms with Gasteiger partial charge in [0.1, 0.15) is 0 Å². The summed E-state index contributed by atoms with van der Waals surface area (Å²) in [4.78, 5) is 0. The highest BCUT2D eigenvalue weighted by molar-refractivity contribution is 7.87. The largest absolute Gasteiger partial charge is 0.493 e. The van der Waals surface area contributed by atoms with Gasteiger partial charge in [-0.2, -0.15) is 8.42 Å². The van der Waals surface area contributed by atoms with E-state index < -0.39 is 10.2 Å². The van der Waals surface area contributed by atoms with E-state index in [0.717, 1.165) is 10.5 Å². The molecule has 1 aliphatic heterocycles. The van der Waals surface area contributed by atoms with E-state index in [-0.39, 0.29) is 5.88 Å². The number of aliphatic hydroxyl groups excluding tert-OH is 1. The summed E-state index contributed by atoms with van der Waals surface area (Å²) in [6.07, 6.45) is 1.08. The number of rotatable bonds is 0. The molecule has 5 nitrogen and oxygen atoms in total. The average Bonchev–Trinajstić information content (AvgIpc) is 1.79. The molecule has 9 heavy (non-hydrogen) atoms. The average molecular weight is 150 g/mol. The van der Waals surface area contributed by atoms with Gasteiger partial charge in [0.05, 0.1) is 6.20 Å². The normalized spacial score (nSPS) is 23.2. The summed E-state index contributed by atoms with van der Waals surface area (Å²) in [6.45, 7) is 0. The Bertz CT molecular complexity index is 242. The smallest absolute Gasteiger partial charge is 0.325 e. The van der Waals surface area contributed by atoms with Gasteiger partial charge in [-0.05, 0) is 0 Å². The standard InChI is InChI=1S/C3H6N2O3S/c1-5-2-3(6)4-9(5,7)8/h2,4,6H,1H3. The van der Waals surface area contributed by atoms with E-state index in [1.807, 2.05) is 4.72 Å². The van der Waals surface area contributed by atoms with Crippen LogP contribution < -0.4 is 4.72 Å². The highest BCUT2D eigenvalue weighted by Crippen LogP contribution is 2.05. The van der Waals surface area contributed by atoms with Gasteiger partial charge in [0.15, 0.2) is 0 Å². The summed E-state index contributed by atoms with van der Waals surface area (Å²) in [5, 5.41) is 8.56. The molecule has 1 aliphatic rings. The van der Waals surface area contributed by atoms with Crippen molar-refractivity contribution in [2.24, 2.45) is 0 Å². The van der Waals surface area contributed by atoms with Gasteiger partial charge >= 0.3 is 10.2 Å². The summed E-state index contributed by atoms with van der Waals surface area (Å²) < 4.78 is 23.9. The van der Waals surface area contributed by atoms with Gasteiger partial charge in [-0.25, -0.2) is 4.72 Å². The highest BCUT2D eigenvalue weighted by atomic mass is 32.2. The van der Waals surface area contributed by atoms with Crippen molar-refractivity contribution in [2.75, 3.05) is 7.05 Å². The molecule has 52 valence electrons. The molecule has 0 saturated heterocycles. The van der Waals surface area contributed by atoms with Gasteiger partial charge in [-0.15, -0.1) is 0 Å². The van der Waals surface area contributed by atoms with E-state index in [1.54, 1.807) is 0 Å². The molecule has 1 heterocycles. The first-order valence-corrected chi connectivity index (χ1v) is 3.63. The molecule has 0 aromatic rings. The van der Waals surface area contributed by atoms with E-state index in [1.165, 1.54) is 7.05 Å². The molecular formula is C3H6N2O3S. The van der Waals surface area contributed by atoms with Crippen molar-refractivity contribution >= 4 is 10.2 Å². The Morgan fingerprint density at radius 1 is 1.78 bits per heavy atom. The van der Waals surface area contributed by atoms with Crippen molar-refractivity contribution in [3.05, 3.63) is 12.1 Å². The second-order valence-corrected chi connectivity index (χ2v) is 3.37. The van der Waals surface area contributed by atoms with Crippen LogP contribution in [0.2, 0.25) is 0 Å². The molecule has 2 N–H and O–H groups in total. The summed E-state index contributed by atoms with van der Waals surface area (Å²) in [7, 11) is -2.11. The van der Waals surface area contributed by atoms with E-state index in [0.29, 0.717) is 0 Å². The number of hydrogen-bond donors (Lipinski definition) is 2. The third-order valence-electron chi connectivity index (χ3n) is 0.917. The molecule has 0 fully saturated rings. The van der Waals surface area contributed by atoms with Gasteiger partial charge < -0.3 is 5.11 Å². The molecule has 0 bridgehead atoms. The predicted molar refractivity (Wildman–Crippen MR) is 30.5 cm³/mol. The first kappa shape index (κ1) is 6.21. The molecule has 0 spiro atoms. The van der Waals surface area contributed by atoms with Crippen LogP contribution in [-0.2, 0) is 10.2 Å². The van der Waals surface area contributed by atoms with Crippen LogP contribution in [0.3, 0.4) is 0 Å². The van der Waals surface area contributed by atoms with Crippen molar-refractivity contribution in [1.29, 1.82) is 0 Å². The predicted octanol–water partition coefficient (Wildman–Crippen LogP) is -0.877. The maximum absolute atomic E-state index is 10.6. The minimum Gasteiger partial charge on any atom is -0.493 e. The monoisotopic (exact) mass is 150 g/mol. The lowest BCUT2D eigenvalue weighted by Gasteiger charge is -2.03. The lowest BCUT2D eigenvalue weighted by molar-refractivity contribution is 0.391. The lowest BCUT2D eigenvalue weighted by Crippen LogP contribution is -2.26. The lowest BCUT2D eigenvalue weighted by atomic mass is 10.8. The molecule has 0 aromatic carbocycles. The van der Waals surface area contributed by atoms with E-state index >= 15 is 0 Å². The van der Waals surface area contributed by atoms with Crippen LogP contribution in [0.15, 0.2) is 12.1 Å². The molecular weight excluding hydrogens is 144 g/mol. The Labute approximate surface area is 52.8 Å². The first-order valence-electron chi connectivity index (χ1n) is 2.19. The zero-order valence-electron chi connectivity index (χ0n) is 4.70. The summed E-state index contributed by atoms with van der Waals surface area (Å²) in [6, 6.07) is 0. The minimum atomic E-state index is -3.43. The molecule has 0 saturated carbocycles. The van der Waals surface area contributed by atoms with E-state index in [9.17, 15) is 8.42 Å². The van der Waals surface area contributed by atoms with Gasteiger partial charge in [-0.1, -0.05) is 0 Å². The van der Waals surface area contributed by atoms with Crippen LogP contribution in [0.1, 0.15) is 0 Å². The summed E-state index contributed by atoms with van der Waals surface area (Å²) in [5.41, 5.74) is 0. The van der Waals surface area contributed by atoms with Crippen molar-refractivity contribution < 1.29 is 13.5 Å². The molecule has 0 aromatic heterocycles. The molecule has 0 atom stereocenters. The Morgan fingerprint density at radius 3 is 2.44 bits per heavy atom. The maximum atomic E-state index is 10.6. The fourth-order valence-corrected chi connectivity index (χ4v) is 1.17. The van der Waals surface area contributed by atoms with Gasteiger partial charge in [0, 0.05) is 7.05 Å². The first-order chi connectivity index (χ1) is 4.02. The molecule has 6 heteroatoms. The van der Waals surface area contributed by atoms with Crippen LogP contribution in [0, 0.1) is 0 Å². The van der Waals surface area contributed by atoms with E-state index in [2.05, 4.69) is 0 Å². The maximum Gasteiger partial charge on any atom is 0.325 e. The molecule has 0 aliphatic carbocycles. The molecule has 0 amide bonds. The third kappa shape index (κ3) is 0.925. The van der Waals surface area contributed by atoms with Crippen LogP contribution in [0.25, 0.3) is 0 Å². The fraction of sp³-hybridized carbons (Fsp3) is 0.333. The van der Waals surface area contributed by atoms with Crippen LogP contribution >= 0.6 is 0 Å². The van der Waals surface area contributed by atoms with E-state index in [4.69, 9.17) is 5.11 Å². The highest BCUT2D eigenvalue weighted by Gasteiger charge is 2.22. The minimum absolute atomic E-state index is 0.350. The van der Waals surface area contributed by atoms with Crippen molar-refractivity contribution in [3.63, 3.8) is 0 Å². The number of aliphatic hydroxyl groups is 1. The number of hydrogen-bond acceptors (Lipinski definition) is 3. The third-order valence-corrected chi connectivity index (χ3v) is 2.25. The number of nitrogens with one attached hydrogen (secondary N) is 1. The van der Waals surface area contributed by atoms with Crippen LogP contribution in [-0.4, -0.2) is 24.9 Å². The van der Waals surface area contributed by atoms with Gasteiger partial charge in [-0.3, -0.25) is 4.31 Å². The topological polar surface area (TPSA) is 69.6 Å². The molecule has 0 unspecified atom stereocenters. The molecule has 0 radical (unpaired) electrons. The second kappa shape index (κ2) is 1.53. The summed E-state index contributed by atoms with van der Waals surface area (Å²) >= 11 is 0. The fourth-order valence-electron chi connectivity index (χ4n) is 0.472. The number of nitrogens with zero attached hydrogens (tertiary/aromatic N) is 1. The van der Waals surface area contributed by atoms with Crippen molar-refractivity contribution in [2.45, 2.75) is 0 Å². The van der Waals surface area contributed by atoms with Crippen molar-refractivity contribution in [3.8, 4) is 0 Å². The van der Waals surface area contributed by atoms with Gasteiger partial charge in [0.25, 0.3) is 0 Å². The quantitative estimate of drug-likeness (QED) is 0.471. The Hall–Kier alpha value is -0.910. The Balaban J connectivity index is 2.98. The Morgan fingerprint density at radius 2 is 2.33 bits per heavy atom.